The number of methoxy groups -OCH3 is 1. The molecule has 0 aliphatic heterocycles. The van der Waals surface area contributed by atoms with E-state index in [9.17, 15) is 0 Å². The van der Waals surface area contributed by atoms with Crippen molar-refractivity contribution in [1.29, 1.82) is 5.26 Å². The minimum absolute atomic E-state index is 0.374. The second-order valence-corrected chi connectivity index (χ2v) is 3.97. The van der Waals surface area contributed by atoms with Gasteiger partial charge in [-0.05, 0) is 29.8 Å². The molecule has 0 amide bonds. The summed E-state index contributed by atoms with van der Waals surface area (Å²) in [5, 5.41) is 8.89. The number of para-hydroxylation sites is 1. The van der Waals surface area contributed by atoms with Crippen LogP contribution in [0.4, 0.5) is 5.69 Å². The third-order valence-electron chi connectivity index (χ3n) is 2.74. The van der Waals surface area contributed by atoms with Crippen LogP contribution in [0, 0.1) is 11.3 Å². The summed E-state index contributed by atoms with van der Waals surface area (Å²) in [6.07, 6.45) is 0. The van der Waals surface area contributed by atoms with Gasteiger partial charge >= 0.3 is 0 Å². The number of anilines is 1. The largest absolute Gasteiger partial charge is 0.497 e. The molecule has 0 saturated heterocycles. The van der Waals surface area contributed by atoms with Crippen LogP contribution in [0.2, 0.25) is 0 Å². The Hall–Kier alpha value is -2.67. The van der Waals surface area contributed by atoms with Gasteiger partial charge < -0.3 is 15.2 Å². The summed E-state index contributed by atoms with van der Waals surface area (Å²) in [7, 11) is 1.62. The van der Waals surface area contributed by atoms with Crippen molar-refractivity contribution < 1.29 is 9.47 Å². The zero-order chi connectivity index (χ0) is 13.7. The van der Waals surface area contributed by atoms with Gasteiger partial charge in [-0.2, -0.15) is 5.26 Å². The molecular formula is C15H14N2O2. The number of hydrogen-bond acceptors (Lipinski definition) is 4. The van der Waals surface area contributed by atoms with E-state index in [0.29, 0.717) is 23.6 Å². The number of rotatable bonds is 4. The zero-order valence-electron chi connectivity index (χ0n) is 10.6. The van der Waals surface area contributed by atoms with E-state index in [4.69, 9.17) is 20.5 Å². The standard InChI is InChI=1S/C15H14N2O2/c1-18-13-7-5-11(6-8-13)10-19-14-4-2-3-12(9-16)15(14)17/h2-8H,10,17H2,1H3. The summed E-state index contributed by atoms with van der Waals surface area (Å²) in [6, 6.07) is 14.8. The Bertz CT molecular complexity index is 601. The van der Waals surface area contributed by atoms with Crippen molar-refractivity contribution in [2.45, 2.75) is 6.61 Å². The Morgan fingerprint density at radius 3 is 2.53 bits per heavy atom. The van der Waals surface area contributed by atoms with Crippen LogP contribution in [0.3, 0.4) is 0 Å². The van der Waals surface area contributed by atoms with Crippen LogP contribution >= 0.6 is 0 Å². The van der Waals surface area contributed by atoms with Crippen molar-refractivity contribution >= 4 is 5.69 Å². The average molecular weight is 254 g/mol. The number of ether oxygens (including phenoxy) is 2. The lowest BCUT2D eigenvalue weighted by molar-refractivity contribution is 0.307. The Kier molecular flexibility index (Phi) is 3.89. The molecular weight excluding hydrogens is 240 g/mol. The summed E-state index contributed by atoms with van der Waals surface area (Å²) >= 11 is 0. The van der Waals surface area contributed by atoms with E-state index in [1.54, 1.807) is 25.3 Å². The number of nitrogen functional groups attached to an aromatic ring is 1. The van der Waals surface area contributed by atoms with E-state index in [-0.39, 0.29) is 0 Å². The Morgan fingerprint density at radius 1 is 1.16 bits per heavy atom. The zero-order valence-corrected chi connectivity index (χ0v) is 10.6. The van der Waals surface area contributed by atoms with E-state index in [1.165, 1.54) is 0 Å². The molecule has 19 heavy (non-hydrogen) atoms. The van der Waals surface area contributed by atoms with Gasteiger partial charge in [-0.25, -0.2) is 0 Å². The van der Waals surface area contributed by atoms with E-state index >= 15 is 0 Å². The smallest absolute Gasteiger partial charge is 0.144 e. The molecule has 96 valence electrons. The molecule has 2 aromatic rings. The lowest BCUT2D eigenvalue weighted by atomic mass is 10.2. The molecule has 0 fully saturated rings. The first kappa shape index (κ1) is 12.8. The first-order chi connectivity index (χ1) is 9.24. The van der Waals surface area contributed by atoms with Gasteiger partial charge in [0.15, 0.2) is 0 Å². The first-order valence-corrected chi connectivity index (χ1v) is 5.79. The predicted molar refractivity (Wildman–Crippen MR) is 72.9 cm³/mol. The van der Waals surface area contributed by atoms with E-state index < -0.39 is 0 Å². The third kappa shape index (κ3) is 2.96. The quantitative estimate of drug-likeness (QED) is 0.852. The van der Waals surface area contributed by atoms with Crippen LogP contribution in [0.15, 0.2) is 42.5 Å². The van der Waals surface area contributed by atoms with Crippen LogP contribution in [0.1, 0.15) is 11.1 Å². The molecule has 2 rings (SSSR count). The number of benzene rings is 2. The summed E-state index contributed by atoms with van der Waals surface area (Å²) in [5.41, 5.74) is 7.64. The first-order valence-electron chi connectivity index (χ1n) is 5.79. The number of hydrogen-bond donors (Lipinski definition) is 1. The minimum Gasteiger partial charge on any atom is -0.497 e. The van der Waals surface area contributed by atoms with Crippen LogP contribution in [-0.4, -0.2) is 7.11 Å². The molecule has 4 heteroatoms. The fourth-order valence-corrected chi connectivity index (χ4v) is 1.65. The molecule has 0 saturated carbocycles. The molecule has 0 aliphatic rings. The van der Waals surface area contributed by atoms with Gasteiger partial charge in [0.05, 0.1) is 18.4 Å². The van der Waals surface area contributed by atoms with E-state index in [0.717, 1.165) is 11.3 Å². The monoisotopic (exact) mass is 254 g/mol. The van der Waals surface area contributed by atoms with Gasteiger partial charge in [0.1, 0.15) is 24.2 Å². The van der Waals surface area contributed by atoms with Gasteiger partial charge in [-0.15, -0.1) is 0 Å². The average Bonchev–Trinajstić information content (AvgIpc) is 2.47. The highest BCUT2D eigenvalue weighted by Crippen LogP contribution is 2.25. The van der Waals surface area contributed by atoms with E-state index in [1.807, 2.05) is 30.3 Å². The van der Waals surface area contributed by atoms with E-state index in [2.05, 4.69) is 0 Å². The minimum atomic E-state index is 0.374. The Labute approximate surface area is 112 Å². The topological polar surface area (TPSA) is 68.3 Å². The van der Waals surface area contributed by atoms with Gasteiger partial charge in [0.2, 0.25) is 0 Å². The molecule has 0 bridgehead atoms. The second-order valence-electron chi connectivity index (χ2n) is 3.97. The van der Waals surface area contributed by atoms with Gasteiger partial charge in [-0.1, -0.05) is 18.2 Å². The molecule has 0 aliphatic carbocycles. The molecule has 0 radical (unpaired) electrons. The lowest BCUT2D eigenvalue weighted by Gasteiger charge is -2.10. The molecule has 0 unspecified atom stereocenters. The highest BCUT2D eigenvalue weighted by molar-refractivity contribution is 5.63. The maximum Gasteiger partial charge on any atom is 0.144 e. The van der Waals surface area contributed by atoms with Gasteiger partial charge in [-0.3, -0.25) is 0 Å². The summed E-state index contributed by atoms with van der Waals surface area (Å²) in [5.74, 6) is 1.32. The van der Waals surface area contributed by atoms with Crippen molar-refractivity contribution in [3.05, 3.63) is 53.6 Å². The third-order valence-corrected chi connectivity index (χ3v) is 2.74. The molecule has 4 nitrogen and oxygen atoms in total. The van der Waals surface area contributed by atoms with Gasteiger partial charge in [0.25, 0.3) is 0 Å². The lowest BCUT2D eigenvalue weighted by Crippen LogP contribution is -2.00. The molecule has 0 aromatic heterocycles. The predicted octanol–water partition coefficient (Wildman–Crippen LogP) is 2.73. The SMILES string of the molecule is COc1ccc(COc2cccc(C#N)c2N)cc1. The number of nitrogens with two attached hydrogens (primary N) is 1. The fraction of sp³-hybridized carbons (Fsp3) is 0.133. The molecule has 0 spiro atoms. The summed E-state index contributed by atoms with van der Waals surface area (Å²) in [4.78, 5) is 0. The van der Waals surface area contributed by atoms with Crippen LogP contribution in [0.25, 0.3) is 0 Å². The Morgan fingerprint density at radius 2 is 1.89 bits per heavy atom. The molecule has 2 aromatic carbocycles. The van der Waals surface area contributed by atoms with Crippen molar-refractivity contribution in [2.24, 2.45) is 0 Å². The summed E-state index contributed by atoms with van der Waals surface area (Å²) in [6.45, 7) is 0.392. The maximum atomic E-state index is 8.89. The van der Waals surface area contributed by atoms with Crippen molar-refractivity contribution in [2.75, 3.05) is 12.8 Å². The van der Waals surface area contributed by atoms with Crippen LogP contribution in [0.5, 0.6) is 11.5 Å². The van der Waals surface area contributed by atoms with Crippen molar-refractivity contribution in [3.8, 4) is 17.6 Å². The van der Waals surface area contributed by atoms with Gasteiger partial charge in [0, 0.05) is 0 Å². The van der Waals surface area contributed by atoms with Crippen LogP contribution in [-0.2, 0) is 6.61 Å². The highest BCUT2D eigenvalue weighted by atomic mass is 16.5. The number of nitrogens with zero attached hydrogens (tertiary/aromatic N) is 1. The highest BCUT2D eigenvalue weighted by Gasteiger charge is 2.05. The maximum absolute atomic E-state index is 8.89. The summed E-state index contributed by atoms with van der Waals surface area (Å²) < 4.78 is 10.7. The fourth-order valence-electron chi connectivity index (χ4n) is 1.65. The molecule has 2 N–H and O–H groups in total. The normalized spacial score (nSPS) is 9.68. The second kappa shape index (κ2) is 5.78. The van der Waals surface area contributed by atoms with Crippen molar-refractivity contribution in [1.82, 2.24) is 0 Å². The Balaban J connectivity index is 2.08. The van der Waals surface area contributed by atoms with Crippen molar-refractivity contribution in [3.63, 3.8) is 0 Å². The number of nitriles is 1. The molecule has 0 heterocycles. The van der Waals surface area contributed by atoms with Crippen LogP contribution < -0.4 is 15.2 Å². The molecule has 0 atom stereocenters.